The smallest absolute Gasteiger partial charge is 0.296 e. The van der Waals surface area contributed by atoms with Crippen molar-refractivity contribution in [3.8, 4) is 5.75 Å². The Labute approximate surface area is 215 Å². The highest BCUT2D eigenvalue weighted by Gasteiger charge is 2.67. The van der Waals surface area contributed by atoms with Gasteiger partial charge in [0.1, 0.15) is 18.1 Å². The fourth-order valence-corrected chi connectivity index (χ4v) is 5.56. The molecule has 1 spiro atoms. The summed E-state index contributed by atoms with van der Waals surface area (Å²) in [5.74, 6) is -1.96. The molecule has 0 bridgehead atoms. The van der Waals surface area contributed by atoms with Crippen molar-refractivity contribution in [2.75, 3.05) is 31.2 Å². The van der Waals surface area contributed by atoms with Gasteiger partial charge in [0.15, 0.2) is 5.54 Å². The Morgan fingerprint density at radius 2 is 1.95 bits per heavy atom. The fraction of sp³-hybridized carbons (Fsp3) is 0.345. The Balaban J connectivity index is 1.71. The predicted molar refractivity (Wildman–Crippen MR) is 138 cm³/mol. The van der Waals surface area contributed by atoms with Gasteiger partial charge in [0.25, 0.3) is 17.6 Å². The average molecular weight is 503 g/mol. The van der Waals surface area contributed by atoms with Crippen molar-refractivity contribution in [2.24, 2.45) is 0 Å². The number of para-hydroxylation sites is 1. The number of ether oxygens (including phenoxy) is 2. The summed E-state index contributed by atoms with van der Waals surface area (Å²) < 4.78 is 11.3. The molecule has 1 N–H and O–H groups in total. The van der Waals surface area contributed by atoms with Crippen LogP contribution in [0.4, 0.5) is 5.69 Å². The lowest BCUT2D eigenvalue weighted by Crippen LogP contribution is -2.53. The van der Waals surface area contributed by atoms with Crippen molar-refractivity contribution in [2.45, 2.75) is 37.8 Å². The van der Waals surface area contributed by atoms with E-state index in [1.807, 2.05) is 19.1 Å². The fourth-order valence-electron chi connectivity index (χ4n) is 5.56. The SMILES string of the molecule is C=CCOc1ccc(C(O)=C2C(=O)C(=O)N(C[C@@H]3CCCO3)[C@]23C(=O)N(CCC)c2ccccc23)cc1. The molecule has 0 aliphatic carbocycles. The first kappa shape index (κ1) is 24.8. The highest BCUT2D eigenvalue weighted by molar-refractivity contribution is 6.50. The van der Waals surface area contributed by atoms with Crippen LogP contribution in [0.1, 0.15) is 37.3 Å². The third-order valence-electron chi connectivity index (χ3n) is 7.16. The first-order chi connectivity index (χ1) is 17.9. The second kappa shape index (κ2) is 9.86. The van der Waals surface area contributed by atoms with Gasteiger partial charge in [-0.1, -0.05) is 37.8 Å². The Bertz CT molecular complexity index is 1280. The molecule has 2 fully saturated rings. The quantitative estimate of drug-likeness (QED) is 0.256. The normalized spacial score (nSPS) is 24.2. The van der Waals surface area contributed by atoms with Crippen LogP contribution in [0.3, 0.4) is 0 Å². The van der Waals surface area contributed by atoms with Crippen LogP contribution in [0.2, 0.25) is 0 Å². The van der Waals surface area contributed by atoms with E-state index in [-0.39, 0.29) is 18.2 Å². The van der Waals surface area contributed by atoms with Crippen molar-refractivity contribution < 1.29 is 29.0 Å². The maximum absolute atomic E-state index is 14.3. The van der Waals surface area contributed by atoms with E-state index in [1.54, 1.807) is 47.4 Å². The molecule has 2 aromatic rings. The van der Waals surface area contributed by atoms with Crippen LogP contribution in [0.5, 0.6) is 5.75 Å². The summed E-state index contributed by atoms with van der Waals surface area (Å²) in [6.45, 7) is 6.96. The van der Waals surface area contributed by atoms with E-state index in [9.17, 15) is 19.5 Å². The summed E-state index contributed by atoms with van der Waals surface area (Å²) in [6, 6.07) is 13.7. The van der Waals surface area contributed by atoms with E-state index in [0.29, 0.717) is 48.7 Å². The Hall–Kier alpha value is -3.91. The van der Waals surface area contributed by atoms with Gasteiger partial charge in [0, 0.05) is 30.8 Å². The lowest BCUT2D eigenvalue weighted by molar-refractivity contribution is -0.145. The number of nitrogens with zero attached hydrogens (tertiary/aromatic N) is 2. The number of likely N-dealkylation sites (tertiary alicyclic amines) is 1. The van der Waals surface area contributed by atoms with Crippen molar-refractivity contribution in [1.29, 1.82) is 0 Å². The van der Waals surface area contributed by atoms with Crippen molar-refractivity contribution >= 4 is 29.0 Å². The third-order valence-corrected chi connectivity index (χ3v) is 7.16. The number of amides is 2. The van der Waals surface area contributed by atoms with E-state index in [2.05, 4.69) is 6.58 Å². The molecule has 37 heavy (non-hydrogen) atoms. The van der Waals surface area contributed by atoms with E-state index in [0.717, 1.165) is 12.8 Å². The molecular formula is C29H30N2O6. The zero-order chi connectivity index (χ0) is 26.2. The maximum atomic E-state index is 14.3. The van der Waals surface area contributed by atoms with Crippen molar-refractivity contribution in [3.63, 3.8) is 0 Å². The van der Waals surface area contributed by atoms with Gasteiger partial charge in [-0.05, 0) is 49.6 Å². The molecule has 3 aliphatic rings. The number of aliphatic hydroxyl groups is 1. The molecule has 0 radical (unpaired) electrons. The van der Waals surface area contributed by atoms with Crippen LogP contribution in [0.15, 0.2) is 66.8 Å². The number of ketones is 1. The number of fused-ring (bicyclic) bond motifs is 2. The molecule has 2 atom stereocenters. The highest BCUT2D eigenvalue weighted by atomic mass is 16.5. The number of carbonyl (C=O) groups excluding carboxylic acids is 3. The zero-order valence-electron chi connectivity index (χ0n) is 20.8. The van der Waals surface area contributed by atoms with E-state index in [1.165, 1.54) is 4.90 Å². The van der Waals surface area contributed by atoms with Gasteiger partial charge in [-0.3, -0.25) is 14.4 Å². The molecule has 2 saturated heterocycles. The Morgan fingerprint density at radius 1 is 1.19 bits per heavy atom. The van der Waals surface area contributed by atoms with E-state index < -0.39 is 28.9 Å². The third kappa shape index (κ3) is 3.83. The van der Waals surface area contributed by atoms with Crippen LogP contribution in [0, 0.1) is 0 Å². The number of hydrogen-bond donors (Lipinski definition) is 1. The summed E-state index contributed by atoms with van der Waals surface area (Å²) in [7, 11) is 0. The number of benzene rings is 2. The molecule has 3 heterocycles. The summed E-state index contributed by atoms with van der Waals surface area (Å²) in [6.07, 6.45) is 3.57. The number of hydrogen-bond acceptors (Lipinski definition) is 6. The minimum atomic E-state index is -1.77. The largest absolute Gasteiger partial charge is 0.507 e. The number of Topliss-reactive ketones (excluding diaryl/α,β-unsaturated/α-hetero) is 1. The Morgan fingerprint density at radius 3 is 2.62 bits per heavy atom. The second-order valence-corrected chi connectivity index (χ2v) is 9.41. The van der Waals surface area contributed by atoms with Gasteiger partial charge in [0.2, 0.25) is 0 Å². The van der Waals surface area contributed by atoms with Gasteiger partial charge >= 0.3 is 0 Å². The van der Waals surface area contributed by atoms with Crippen LogP contribution < -0.4 is 9.64 Å². The summed E-state index contributed by atoms with van der Waals surface area (Å²) in [5.41, 5.74) is -0.537. The lowest BCUT2D eigenvalue weighted by Gasteiger charge is -2.35. The zero-order valence-corrected chi connectivity index (χ0v) is 20.8. The molecule has 0 unspecified atom stereocenters. The minimum absolute atomic E-state index is 0.0791. The molecule has 2 amide bonds. The maximum Gasteiger partial charge on any atom is 0.296 e. The molecule has 3 aliphatic heterocycles. The summed E-state index contributed by atoms with van der Waals surface area (Å²) in [5, 5.41) is 11.6. The molecule has 8 nitrogen and oxygen atoms in total. The molecular weight excluding hydrogens is 472 g/mol. The van der Waals surface area contributed by atoms with Crippen molar-refractivity contribution in [1.82, 2.24) is 4.90 Å². The van der Waals surface area contributed by atoms with E-state index in [4.69, 9.17) is 9.47 Å². The molecule has 5 rings (SSSR count). The standard InChI is InChI=1S/C29H30N2O6/c1-3-15-30-23-10-6-5-9-22(23)29(28(30)35)24(25(32)19-11-13-20(14-12-19)36-16-4-2)26(33)27(34)31(29)18-21-8-7-17-37-21/h4-6,9-14,21,32H,2-3,7-8,15-18H2,1H3/t21-,29-/m0/s1. The van der Waals surface area contributed by atoms with Gasteiger partial charge < -0.3 is 24.4 Å². The molecule has 8 heteroatoms. The van der Waals surface area contributed by atoms with E-state index >= 15 is 0 Å². The van der Waals surface area contributed by atoms with Crippen LogP contribution >= 0.6 is 0 Å². The molecule has 192 valence electrons. The molecule has 0 aromatic heterocycles. The monoisotopic (exact) mass is 502 g/mol. The number of aliphatic hydroxyl groups excluding tert-OH is 1. The first-order valence-corrected chi connectivity index (χ1v) is 12.6. The second-order valence-electron chi connectivity index (χ2n) is 9.41. The minimum Gasteiger partial charge on any atom is -0.507 e. The molecule has 2 aromatic carbocycles. The Kier molecular flexibility index (Phi) is 6.60. The summed E-state index contributed by atoms with van der Waals surface area (Å²) >= 11 is 0. The predicted octanol–water partition coefficient (Wildman–Crippen LogP) is 3.76. The van der Waals surface area contributed by atoms with Gasteiger partial charge in [-0.2, -0.15) is 0 Å². The van der Waals surface area contributed by atoms with Crippen LogP contribution in [0.25, 0.3) is 5.76 Å². The highest BCUT2D eigenvalue weighted by Crippen LogP contribution is 2.53. The molecule has 0 saturated carbocycles. The number of rotatable bonds is 8. The topological polar surface area (TPSA) is 96.4 Å². The van der Waals surface area contributed by atoms with Crippen LogP contribution in [-0.2, 0) is 24.7 Å². The van der Waals surface area contributed by atoms with Gasteiger partial charge in [0.05, 0.1) is 17.4 Å². The number of anilines is 1. The average Bonchev–Trinajstić information content (AvgIpc) is 3.57. The van der Waals surface area contributed by atoms with Gasteiger partial charge in [-0.15, -0.1) is 0 Å². The van der Waals surface area contributed by atoms with Crippen LogP contribution in [-0.4, -0.2) is 60.0 Å². The summed E-state index contributed by atoms with van der Waals surface area (Å²) in [4.78, 5) is 44.5. The van der Waals surface area contributed by atoms with Crippen molar-refractivity contribution in [3.05, 3.63) is 77.9 Å². The lowest BCUT2D eigenvalue weighted by atomic mass is 9.81. The number of carbonyl (C=O) groups is 3. The first-order valence-electron chi connectivity index (χ1n) is 12.6. The van der Waals surface area contributed by atoms with Gasteiger partial charge in [-0.25, -0.2) is 0 Å².